The van der Waals surface area contributed by atoms with Gasteiger partial charge in [0, 0.05) is 61.5 Å². The molecule has 1 aromatic heterocycles. The molecule has 2 amide bonds. The van der Waals surface area contributed by atoms with E-state index in [2.05, 4.69) is 16.4 Å². The Kier molecular flexibility index (Phi) is 8.99. The van der Waals surface area contributed by atoms with Gasteiger partial charge in [-0.1, -0.05) is 18.2 Å². The number of likely N-dealkylation sites (N-methyl/N-ethyl adjacent to an activating group) is 1. The normalized spacial score (nSPS) is 18.5. The molecule has 240 valence electrons. The second-order valence-electron chi connectivity index (χ2n) is 11.9. The summed E-state index contributed by atoms with van der Waals surface area (Å²) >= 11 is 0. The Labute approximate surface area is 257 Å². The van der Waals surface area contributed by atoms with Crippen LogP contribution in [0.15, 0.2) is 67.0 Å². The van der Waals surface area contributed by atoms with Crippen LogP contribution in [0.2, 0.25) is 0 Å². The van der Waals surface area contributed by atoms with Crippen molar-refractivity contribution in [3.8, 4) is 0 Å². The highest BCUT2D eigenvalue weighted by Crippen LogP contribution is 2.52. The van der Waals surface area contributed by atoms with E-state index in [0.717, 1.165) is 47.6 Å². The first-order chi connectivity index (χ1) is 21.2. The van der Waals surface area contributed by atoms with Crippen molar-refractivity contribution in [1.29, 1.82) is 0 Å². The van der Waals surface area contributed by atoms with E-state index in [-0.39, 0.29) is 35.9 Å². The van der Waals surface area contributed by atoms with Crippen LogP contribution < -0.4 is 10.2 Å². The lowest BCUT2D eigenvalue weighted by Gasteiger charge is -2.42. The molecule has 2 unspecified atom stereocenters. The summed E-state index contributed by atoms with van der Waals surface area (Å²) in [7, 11) is 1.37. The summed E-state index contributed by atoms with van der Waals surface area (Å²) in [5.41, 5.74) is -1.23. The number of carbonyl (C=O) groups is 2. The summed E-state index contributed by atoms with van der Waals surface area (Å²) in [6.45, 7) is 3.15. The van der Waals surface area contributed by atoms with Gasteiger partial charge in [0.2, 0.25) is 5.91 Å². The Morgan fingerprint density at radius 3 is 2.16 bits per heavy atom. The highest BCUT2D eigenvalue weighted by Gasteiger charge is 2.52. The number of piperidine rings is 1. The second-order valence-corrected chi connectivity index (χ2v) is 11.9. The van der Waals surface area contributed by atoms with Gasteiger partial charge in [-0.25, -0.2) is 0 Å². The van der Waals surface area contributed by atoms with Crippen LogP contribution in [-0.2, 0) is 22.6 Å². The van der Waals surface area contributed by atoms with E-state index in [1.807, 2.05) is 23.1 Å². The van der Waals surface area contributed by atoms with Crippen molar-refractivity contribution in [3.63, 3.8) is 0 Å². The number of amides is 2. The second kappa shape index (κ2) is 12.5. The van der Waals surface area contributed by atoms with Crippen LogP contribution in [0, 0.1) is 0 Å². The molecule has 3 heterocycles. The number of alkyl halides is 6. The van der Waals surface area contributed by atoms with Crippen molar-refractivity contribution < 1.29 is 35.9 Å². The number of halogens is 6. The fourth-order valence-electron chi connectivity index (χ4n) is 7.04. The third kappa shape index (κ3) is 6.56. The van der Waals surface area contributed by atoms with Gasteiger partial charge < -0.3 is 15.1 Å². The zero-order valence-electron chi connectivity index (χ0n) is 24.9. The minimum absolute atomic E-state index is 0.00750. The number of hydrogen-bond donors (Lipinski definition) is 1. The summed E-state index contributed by atoms with van der Waals surface area (Å²) in [5, 5.41) is 3.41. The molecule has 0 radical (unpaired) electrons. The van der Waals surface area contributed by atoms with E-state index in [1.165, 1.54) is 7.05 Å². The minimum Gasteiger partial charge on any atom is -0.341 e. The number of rotatable bonds is 7. The molecular formula is C33H34F6N4O2. The van der Waals surface area contributed by atoms with Gasteiger partial charge in [-0.05, 0) is 86.3 Å². The van der Waals surface area contributed by atoms with Crippen LogP contribution in [0.4, 0.5) is 32.0 Å². The fraction of sp³-hybridized carbons (Fsp3) is 0.424. The number of aromatic nitrogens is 1. The quantitative estimate of drug-likeness (QED) is 0.291. The van der Waals surface area contributed by atoms with Gasteiger partial charge in [-0.3, -0.25) is 14.6 Å². The number of para-hydroxylation sites is 1. The first-order valence-corrected chi connectivity index (χ1v) is 14.8. The Morgan fingerprint density at radius 2 is 1.58 bits per heavy atom. The average Bonchev–Trinajstić information content (AvgIpc) is 3.27. The Balaban J connectivity index is 1.44. The molecule has 1 spiro atoms. The van der Waals surface area contributed by atoms with Crippen LogP contribution in [0.1, 0.15) is 71.1 Å². The van der Waals surface area contributed by atoms with E-state index in [9.17, 15) is 35.9 Å². The molecule has 2 aromatic carbocycles. The predicted molar refractivity (Wildman–Crippen MR) is 157 cm³/mol. The molecule has 0 bridgehead atoms. The molecule has 0 saturated carbocycles. The zero-order valence-corrected chi connectivity index (χ0v) is 24.9. The number of fused-ring (bicyclic) bond motifs is 2. The van der Waals surface area contributed by atoms with Crippen molar-refractivity contribution in [2.75, 3.05) is 31.6 Å². The van der Waals surface area contributed by atoms with Crippen molar-refractivity contribution in [1.82, 2.24) is 15.2 Å². The first-order valence-electron chi connectivity index (χ1n) is 14.8. The molecule has 1 saturated heterocycles. The third-order valence-corrected chi connectivity index (χ3v) is 9.13. The van der Waals surface area contributed by atoms with Crippen molar-refractivity contribution in [2.24, 2.45) is 0 Å². The lowest BCUT2D eigenvalue weighted by molar-refractivity contribution is -0.143. The van der Waals surface area contributed by atoms with Crippen LogP contribution in [-0.4, -0.2) is 54.4 Å². The van der Waals surface area contributed by atoms with Crippen molar-refractivity contribution in [2.45, 2.75) is 62.3 Å². The molecule has 1 fully saturated rings. The first kappa shape index (κ1) is 32.5. The van der Waals surface area contributed by atoms with Crippen molar-refractivity contribution in [3.05, 3.63) is 94.8 Å². The van der Waals surface area contributed by atoms with Gasteiger partial charge >= 0.3 is 12.4 Å². The summed E-state index contributed by atoms with van der Waals surface area (Å²) in [5.74, 6) is -1.38. The topological polar surface area (TPSA) is 65.5 Å². The van der Waals surface area contributed by atoms with Gasteiger partial charge in [0.1, 0.15) is 0 Å². The summed E-state index contributed by atoms with van der Waals surface area (Å²) in [6.07, 6.45) is -4.24. The fourth-order valence-corrected chi connectivity index (χ4v) is 7.04. The monoisotopic (exact) mass is 632 g/mol. The standard InChI is InChI=1S/C33H34F6N4O2/c1-21(44)43-28-6-4-3-5-27(28)31(11-15-41-16-12-31)29(43)8-7-23(22-9-13-40-14-10-22)20-42(2)30(45)24-17-25(32(34,35)36)19-26(18-24)33(37,38)39/h3-6,9-10,13-14,17-19,23,29,41H,7-8,11-12,15-16,20H2,1-2H3. The van der Waals surface area contributed by atoms with Crippen LogP contribution in [0.3, 0.4) is 0 Å². The summed E-state index contributed by atoms with van der Waals surface area (Å²) < 4.78 is 80.9. The smallest absolute Gasteiger partial charge is 0.341 e. The zero-order chi connectivity index (χ0) is 32.6. The average molecular weight is 633 g/mol. The lowest BCUT2D eigenvalue weighted by atomic mass is 9.68. The molecule has 5 rings (SSSR count). The SMILES string of the molecule is CC(=O)N1c2ccccc2C2(CCNCC2)C1CCC(CN(C)C(=O)c1cc(C(F)(F)F)cc(C(F)(F)F)c1)c1ccncc1. The molecular weight excluding hydrogens is 598 g/mol. The van der Waals surface area contributed by atoms with Crippen molar-refractivity contribution >= 4 is 17.5 Å². The number of hydrogen-bond acceptors (Lipinski definition) is 4. The third-order valence-electron chi connectivity index (χ3n) is 9.13. The molecule has 45 heavy (non-hydrogen) atoms. The Morgan fingerprint density at radius 1 is 0.978 bits per heavy atom. The van der Waals surface area contributed by atoms with E-state index >= 15 is 0 Å². The number of nitrogens with one attached hydrogen (secondary N) is 1. The largest absolute Gasteiger partial charge is 0.416 e. The number of pyridine rings is 1. The lowest BCUT2D eigenvalue weighted by Crippen LogP contribution is -2.51. The molecule has 1 N–H and O–H groups in total. The molecule has 2 aliphatic heterocycles. The maximum atomic E-state index is 13.5. The molecule has 2 aliphatic rings. The number of nitrogens with zero attached hydrogens (tertiary/aromatic N) is 3. The maximum Gasteiger partial charge on any atom is 0.416 e. The maximum absolute atomic E-state index is 13.5. The molecule has 6 nitrogen and oxygen atoms in total. The molecule has 3 aromatic rings. The highest BCUT2D eigenvalue weighted by atomic mass is 19.4. The van der Waals surface area contributed by atoms with Gasteiger partial charge in [-0.2, -0.15) is 26.3 Å². The van der Waals surface area contributed by atoms with Gasteiger partial charge in [0.15, 0.2) is 0 Å². The van der Waals surface area contributed by atoms with Crippen LogP contribution >= 0.6 is 0 Å². The number of benzene rings is 2. The Hall–Kier alpha value is -3.93. The van der Waals surface area contributed by atoms with Crippen LogP contribution in [0.25, 0.3) is 0 Å². The molecule has 12 heteroatoms. The van der Waals surface area contributed by atoms with Crippen LogP contribution in [0.5, 0.6) is 0 Å². The van der Waals surface area contributed by atoms with E-state index in [0.29, 0.717) is 25.0 Å². The minimum atomic E-state index is -5.07. The number of anilines is 1. The summed E-state index contributed by atoms with van der Waals surface area (Å²) in [4.78, 5) is 33.5. The van der Waals surface area contributed by atoms with E-state index in [4.69, 9.17) is 0 Å². The van der Waals surface area contributed by atoms with E-state index in [1.54, 1.807) is 31.5 Å². The van der Waals surface area contributed by atoms with Gasteiger partial charge in [-0.15, -0.1) is 0 Å². The predicted octanol–water partition coefficient (Wildman–Crippen LogP) is 6.81. The van der Waals surface area contributed by atoms with Gasteiger partial charge in [0.25, 0.3) is 5.91 Å². The number of carbonyl (C=O) groups excluding carboxylic acids is 2. The highest BCUT2D eigenvalue weighted by molar-refractivity contribution is 5.96. The summed E-state index contributed by atoms with van der Waals surface area (Å²) in [6, 6.07) is 12.2. The molecule has 0 aliphatic carbocycles. The molecule has 2 atom stereocenters. The van der Waals surface area contributed by atoms with Gasteiger partial charge in [0.05, 0.1) is 11.1 Å². The Bertz CT molecular complexity index is 1500. The van der Waals surface area contributed by atoms with E-state index < -0.39 is 35.0 Å².